The number of rotatable bonds is 8. The summed E-state index contributed by atoms with van der Waals surface area (Å²) in [5.41, 5.74) is 1.69. The van der Waals surface area contributed by atoms with Gasteiger partial charge in [-0.1, -0.05) is 12.1 Å². The van der Waals surface area contributed by atoms with Gasteiger partial charge in [0.25, 0.3) is 0 Å². The van der Waals surface area contributed by atoms with Gasteiger partial charge in [0.2, 0.25) is 11.8 Å². The lowest BCUT2D eigenvalue weighted by molar-refractivity contribution is -0.136. The number of hydrogen-bond acceptors (Lipinski definition) is 5. The Morgan fingerprint density at radius 1 is 1.07 bits per heavy atom. The highest BCUT2D eigenvalue weighted by Crippen LogP contribution is 2.30. The first-order valence-electron chi connectivity index (χ1n) is 9.94. The number of ether oxygens (including phenoxy) is 3. The molecule has 1 atom stereocenters. The van der Waals surface area contributed by atoms with Crippen LogP contribution in [0.25, 0.3) is 0 Å². The van der Waals surface area contributed by atoms with Crippen molar-refractivity contribution in [3.63, 3.8) is 0 Å². The van der Waals surface area contributed by atoms with Crippen molar-refractivity contribution in [1.29, 1.82) is 0 Å². The fourth-order valence-corrected chi connectivity index (χ4v) is 3.70. The van der Waals surface area contributed by atoms with Gasteiger partial charge in [0.05, 0.1) is 27.2 Å². The van der Waals surface area contributed by atoms with Gasteiger partial charge in [-0.15, -0.1) is 0 Å². The molecule has 7 heteroatoms. The maximum Gasteiger partial charge on any atom is 0.228 e. The zero-order valence-corrected chi connectivity index (χ0v) is 17.9. The van der Waals surface area contributed by atoms with Crippen LogP contribution in [0.4, 0.5) is 5.69 Å². The molecule has 0 unspecified atom stereocenters. The zero-order chi connectivity index (χ0) is 21.7. The number of hydrogen-bond donors (Lipinski definition) is 0. The molecule has 2 amide bonds. The Hall–Kier alpha value is -3.22. The van der Waals surface area contributed by atoms with E-state index in [9.17, 15) is 9.59 Å². The Labute approximate surface area is 177 Å². The number of anilines is 1. The molecule has 0 aliphatic carbocycles. The van der Waals surface area contributed by atoms with Crippen molar-refractivity contribution in [3.8, 4) is 17.2 Å². The van der Waals surface area contributed by atoms with Crippen LogP contribution in [-0.2, 0) is 16.1 Å². The first-order valence-corrected chi connectivity index (χ1v) is 9.94. The van der Waals surface area contributed by atoms with Crippen molar-refractivity contribution in [2.45, 2.75) is 19.9 Å². The molecule has 1 heterocycles. The monoisotopic (exact) mass is 412 g/mol. The van der Waals surface area contributed by atoms with Crippen LogP contribution in [0, 0.1) is 5.92 Å². The van der Waals surface area contributed by atoms with Crippen LogP contribution in [0.3, 0.4) is 0 Å². The molecule has 2 aromatic rings. The van der Waals surface area contributed by atoms with Crippen molar-refractivity contribution in [1.82, 2.24) is 4.90 Å². The minimum Gasteiger partial charge on any atom is -0.497 e. The molecule has 3 rings (SSSR count). The van der Waals surface area contributed by atoms with Gasteiger partial charge in [0.15, 0.2) is 11.5 Å². The number of benzene rings is 2. The Balaban J connectivity index is 1.72. The third-order valence-corrected chi connectivity index (χ3v) is 5.35. The van der Waals surface area contributed by atoms with Crippen LogP contribution >= 0.6 is 0 Å². The predicted octanol–water partition coefficient (Wildman–Crippen LogP) is 3.11. The van der Waals surface area contributed by atoms with Crippen LogP contribution in [0.15, 0.2) is 42.5 Å². The van der Waals surface area contributed by atoms with Gasteiger partial charge in [-0.2, -0.15) is 0 Å². The van der Waals surface area contributed by atoms with Crippen molar-refractivity contribution in [3.05, 3.63) is 48.0 Å². The molecule has 0 radical (unpaired) electrons. The molecule has 0 aromatic heterocycles. The number of carbonyl (C=O) groups excluding carboxylic acids is 2. The van der Waals surface area contributed by atoms with Crippen molar-refractivity contribution < 1.29 is 23.8 Å². The molecular formula is C23H28N2O5. The van der Waals surface area contributed by atoms with Crippen LogP contribution in [0.5, 0.6) is 17.2 Å². The molecule has 2 aromatic carbocycles. The molecule has 7 nitrogen and oxygen atoms in total. The molecule has 1 fully saturated rings. The summed E-state index contributed by atoms with van der Waals surface area (Å²) in [6.45, 7) is 3.30. The molecule has 1 aliphatic rings. The van der Waals surface area contributed by atoms with E-state index >= 15 is 0 Å². The average molecular weight is 412 g/mol. The molecule has 0 spiro atoms. The maximum absolute atomic E-state index is 13.2. The molecule has 1 aliphatic heterocycles. The Morgan fingerprint density at radius 3 is 2.50 bits per heavy atom. The van der Waals surface area contributed by atoms with E-state index in [0.29, 0.717) is 36.9 Å². The average Bonchev–Trinajstić information content (AvgIpc) is 3.18. The number of carbonyl (C=O) groups is 2. The lowest BCUT2D eigenvalue weighted by Crippen LogP contribution is -2.37. The highest BCUT2D eigenvalue weighted by atomic mass is 16.5. The number of amides is 2. The van der Waals surface area contributed by atoms with Crippen molar-refractivity contribution in [2.75, 3.05) is 39.3 Å². The van der Waals surface area contributed by atoms with Crippen LogP contribution in [-0.4, -0.2) is 51.1 Å². The van der Waals surface area contributed by atoms with Gasteiger partial charge in [-0.3, -0.25) is 9.59 Å². The largest absolute Gasteiger partial charge is 0.497 e. The SMILES string of the molecule is CCN(Cc1ccc(OC)c(OC)c1)C(=O)[C@@H]1CC(=O)N(c2cccc(OC)c2)C1. The minimum atomic E-state index is -0.371. The summed E-state index contributed by atoms with van der Waals surface area (Å²) >= 11 is 0. The summed E-state index contributed by atoms with van der Waals surface area (Å²) in [6, 6.07) is 13.0. The quantitative estimate of drug-likeness (QED) is 0.666. The summed E-state index contributed by atoms with van der Waals surface area (Å²) < 4.78 is 15.9. The van der Waals surface area contributed by atoms with E-state index in [4.69, 9.17) is 14.2 Å². The molecule has 0 saturated carbocycles. The Morgan fingerprint density at radius 2 is 1.83 bits per heavy atom. The summed E-state index contributed by atoms with van der Waals surface area (Å²) in [4.78, 5) is 29.2. The van der Waals surface area contributed by atoms with E-state index < -0.39 is 0 Å². The van der Waals surface area contributed by atoms with Crippen LogP contribution in [0.2, 0.25) is 0 Å². The Bertz CT molecular complexity index is 914. The molecule has 160 valence electrons. The van der Waals surface area contributed by atoms with Gasteiger partial charge in [0, 0.05) is 37.8 Å². The summed E-state index contributed by atoms with van der Waals surface area (Å²) in [5.74, 6) is 1.50. The summed E-state index contributed by atoms with van der Waals surface area (Å²) in [7, 11) is 4.76. The van der Waals surface area contributed by atoms with E-state index in [1.807, 2.05) is 49.4 Å². The van der Waals surface area contributed by atoms with Gasteiger partial charge < -0.3 is 24.0 Å². The lowest BCUT2D eigenvalue weighted by atomic mass is 10.1. The van der Waals surface area contributed by atoms with E-state index in [0.717, 1.165) is 11.3 Å². The van der Waals surface area contributed by atoms with Gasteiger partial charge in [-0.05, 0) is 36.8 Å². The van der Waals surface area contributed by atoms with Crippen molar-refractivity contribution >= 4 is 17.5 Å². The van der Waals surface area contributed by atoms with E-state index in [-0.39, 0.29) is 24.2 Å². The second kappa shape index (κ2) is 9.52. The number of nitrogens with zero attached hydrogens (tertiary/aromatic N) is 2. The summed E-state index contributed by atoms with van der Waals surface area (Å²) in [5, 5.41) is 0. The molecule has 30 heavy (non-hydrogen) atoms. The second-order valence-corrected chi connectivity index (χ2v) is 7.15. The highest BCUT2D eigenvalue weighted by Gasteiger charge is 2.37. The van der Waals surface area contributed by atoms with Gasteiger partial charge in [-0.25, -0.2) is 0 Å². The first kappa shape index (κ1) is 21.5. The van der Waals surface area contributed by atoms with Gasteiger partial charge >= 0.3 is 0 Å². The second-order valence-electron chi connectivity index (χ2n) is 7.15. The highest BCUT2D eigenvalue weighted by molar-refractivity contribution is 6.00. The fraction of sp³-hybridized carbons (Fsp3) is 0.391. The third kappa shape index (κ3) is 4.50. The first-order chi connectivity index (χ1) is 14.5. The molecule has 1 saturated heterocycles. The van der Waals surface area contributed by atoms with Crippen molar-refractivity contribution in [2.24, 2.45) is 5.92 Å². The van der Waals surface area contributed by atoms with Gasteiger partial charge in [0.1, 0.15) is 5.75 Å². The Kier molecular flexibility index (Phi) is 6.82. The van der Waals surface area contributed by atoms with Crippen LogP contribution in [0.1, 0.15) is 18.9 Å². The third-order valence-electron chi connectivity index (χ3n) is 5.35. The summed E-state index contributed by atoms with van der Waals surface area (Å²) in [6.07, 6.45) is 0.207. The normalized spacial score (nSPS) is 15.8. The molecule has 0 bridgehead atoms. The standard InChI is InChI=1S/C23H28N2O5/c1-5-24(14-16-9-10-20(29-3)21(11-16)30-4)23(27)17-12-22(26)25(15-17)18-7-6-8-19(13-18)28-2/h6-11,13,17H,5,12,14-15H2,1-4H3/t17-/m1/s1. The predicted molar refractivity (Wildman–Crippen MR) is 114 cm³/mol. The minimum absolute atomic E-state index is 0.0222. The smallest absolute Gasteiger partial charge is 0.228 e. The maximum atomic E-state index is 13.2. The van der Waals surface area contributed by atoms with E-state index in [1.54, 1.807) is 31.1 Å². The van der Waals surface area contributed by atoms with E-state index in [2.05, 4.69) is 0 Å². The molecular weight excluding hydrogens is 384 g/mol. The van der Waals surface area contributed by atoms with E-state index in [1.165, 1.54) is 0 Å². The number of methoxy groups -OCH3 is 3. The topological polar surface area (TPSA) is 68.3 Å². The molecule has 0 N–H and O–H groups in total. The fourth-order valence-electron chi connectivity index (χ4n) is 3.70. The lowest BCUT2D eigenvalue weighted by Gasteiger charge is -2.25. The zero-order valence-electron chi connectivity index (χ0n) is 17.9. The van der Waals surface area contributed by atoms with Crippen LogP contribution < -0.4 is 19.1 Å².